The second-order valence-electron chi connectivity index (χ2n) is 6.64. The van der Waals surface area contributed by atoms with Crippen LogP contribution in [0.25, 0.3) is 0 Å². The number of rotatable bonds is 3. The topological polar surface area (TPSA) is 45.3 Å². The summed E-state index contributed by atoms with van der Waals surface area (Å²) in [6.07, 6.45) is 6.08. The molecule has 0 aromatic carbocycles. The zero-order valence-electron chi connectivity index (χ0n) is 11.6. The Labute approximate surface area is 109 Å². The minimum atomic E-state index is -0.171. The fourth-order valence-electron chi connectivity index (χ4n) is 3.59. The molecule has 0 radical (unpaired) electrons. The maximum Gasteiger partial charge on any atom is 0.0980 e. The van der Waals surface area contributed by atoms with Gasteiger partial charge >= 0.3 is 0 Å². The van der Waals surface area contributed by atoms with Crippen LogP contribution in [0.2, 0.25) is 0 Å². The average molecular weight is 252 g/mol. The Hall–Kier alpha value is -0.380. The van der Waals surface area contributed by atoms with Crippen LogP contribution in [0, 0.1) is 5.92 Å². The first kappa shape index (κ1) is 12.6. The molecule has 2 saturated heterocycles. The second-order valence-corrected chi connectivity index (χ2v) is 6.64. The third-order valence-corrected chi connectivity index (χ3v) is 4.97. The lowest BCUT2D eigenvalue weighted by atomic mass is 9.70. The van der Waals surface area contributed by atoms with Crippen molar-refractivity contribution in [2.24, 2.45) is 5.92 Å². The Morgan fingerprint density at radius 2 is 2.17 bits per heavy atom. The van der Waals surface area contributed by atoms with Gasteiger partial charge in [0.1, 0.15) is 0 Å². The van der Waals surface area contributed by atoms with Gasteiger partial charge in [0, 0.05) is 5.92 Å². The zero-order chi connectivity index (χ0) is 13.0. The Bertz CT molecular complexity index is 368. The van der Waals surface area contributed by atoms with Crippen molar-refractivity contribution in [2.45, 2.75) is 69.9 Å². The van der Waals surface area contributed by atoms with Gasteiger partial charge in [0.15, 0.2) is 0 Å². The Morgan fingerprint density at radius 1 is 1.44 bits per heavy atom. The van der Waals surface area contributed by atoms with Crippen molar-refractivity contribution in [3.63, 3.8) is 0 Å². The molecular weight excluding hydrogens is 228 g/mol. The molecule has 1 N–H and O–H groups in total. The molecule has 3 nitrogen and oxygen atoms in total. The summed E-state index contributed by atoms with van der Waals surface area (Å²) in [6, 6.07) is 0. The van der Waals surface area contributed by atoms with Crippen molar-refractivity contribution in [1.82, 2.24) is 0 Å². The number of hydrogen-bond acceptors (Lipinski definition) is 3. The molecule has 2 aliphatic heterocycles. The van der Waals surface area contributed by atoms with Crippen LogP contribution in [-0.4, -0.2) is 35.1 Å². The maximum absolute atomic E-state index is 9.91. The predicted octanol–water partition coefficient (Wildman–Crippen LogP) is 2.43. The van der Waals surface area contributed by atoms with E-state index in [1.165, 1.54) is 5.57 Å². The normalized spacial score (nSPS) is 50.1. The van der Waals surface area contributed by atoms with Crippen molar-refractivity contribution in [1.29, 1.82) is 0 Å². The molecular formula is C15H24O3. The Kier molecular flexibility index (Phi) is 2.85. The van der Waals surface area contributed by atoms with Crippen LogP contribution in [0.1, 0.15) is 46.5 Å². The molecule has 1 aliphatic carbocycles. The summed E-state index contributed by atoms with van der Waals surface area (Å²) in [5.74, 6) is 0.365. The maximum atomic E-state index is 9.91. The predicted molar refractivity (Wildman–Crippen MR) is 69.4 cm³/mol. The number of hydrogen-bond donors (Lipinski definition) is 1. The molecule has 5 atom stereocenters. The van der Waals surface area contributed by atoms with Crippen LogP contribution in [0.5, 0.6) is 0 Å². The van der Waals surface area contributed by atoms with E-state index in [2.05, 4.69) is 26.8 Å². The number of ether oxygens (including phenoxy) is 2. The molecule has 0 unspecified atom stereocenters. The van der Waals surface area contributed by atoms with Crippen LogP contribution in [-0.2, 0) is 9.47 Å². The molecule has 0 aromatic heterocycles. The zero-order valence-corrected chi connectivity index (χ0v) is 11.6. The van der Waals surface area contributed by atoms with Gasteiger partial charge in [0.25, 0.3) is 0 Å². The van der Waals surface area contributed by atoms with Crippen LogP contribution in [0.4, 0.5) is 0 Å². The largest absolute Gasteiger partial charge is 0.393 e. The highest BCUT2D eigenvalue weighted by molar-refractivity contribution is 5.17. The lowest BCUT2D eigenvalue weighted by Gasteiger charge is -2.35. The van der Waals surface area contributed by atoms with E-state index in [1.807, 2.05) is 0 Å². The number of aliphatic hydroxyl groups excluding tert-OH is 1. The van der Waals surface area contributed by atoms with Gasteiger partial charge in [-0.2, -0.15) is 0 Å². The molecule has 1 spiro atoms. The minimum Gasteiger partial charge on any atom is -0.393 e. The van der Waals surface area contributed by atoms with Gasteiger partial charge in [0.05, 0.1) is 30.0 Å². The summed E-state index contributed by atoms with van der Waals surface area (Å²) in [4.78, 5) is 0. The van der Waals surface area contributed by atoms with Crippen molar-refractivity contribution in [3.05, 3.63) is 11.6 Å². The first-order valence-corrected chi connectivity index (χ1v) is 7.09. The molecule has 102 valence electrons. The standard InChI is InChI=1S/C15H24O3/c1-10(2)4-5-13-14(3,18-13)12-8-11(16)6-7-15(12)9-17-15/h4,11-13,16H,5-9H2,1-3H3/t11-,12-,13-,14-,15+/m1/s1. The van der Waals surface area contributed by atoms with Crippen LogP contribution in [0.15, 0.2) is 11.6 Å². The van der Waals surface area contributed by atoms with Gasteiger partial charge in [-0.25, -0.2) is 0 Å². The van der Waals surface area contributed by atoms with Crippen molar-refractivity contribution in [2.75, 3.05) is 6.61 Å². The molecule has 1 saturated carbocycles. The van der Waals surface area contributed by atoms with E-state index in [4.69, 9.17) is 9.47 Å². The molecule has 3 heteroatoms. The highest BCUT2D eigenvalue weighted by atomic mass is 16.6. The van der Waals surface area contributed by atoms with Gasteiger partial charge < -0.3 is 14.6 Å². The van der Waals surface area contributed by atoms with E-state index in [9.17, 15) is 5.11 Å². The third-order valence-electron chi connectivity index (χ3n) is 4.97. The van der Waals surface area contributed by atoms with Crippen LogP contribution >= 0.6 is 0 Å². The van der Waals surface area contributed by atoms with Gasteiger partial charge in [-0.1, -0.05) is 11.6 Å². The molecule has 3 fully saturated rings. The van der Waals surface area contributed by atoms with Gasteiger partial charge in [-0.05, 0) is 46.5 Å². The van der Waals surface area contributed by atoms with Gasteiger partial charge in [-0.3, -0.25) is 0 Å². The average Bonchev–Trinajstić information content (AvgIpc) is 3.19. The summed E-state index contributed by atoms with van der Waals surface area (Å²) in [7, 11) is 0. The lowest BCUT2D eigenvalue weighted by molar-refractivity contribution is 0.0145. The van der Waals surface area contributed by atoms with Crippen LogP contribution < -0.4 is 0 Å². The van der Waals surface area contributed by atoms with Crippen molar-refractivity contribution < 1.29 is 14.6 Å². The minimum absolute atomic E-state index is 0.0354. The molecule has 3 rings (SSSR count). The first-order chi connectivity index (χ1) is 8.46. The Morgan fingerprint density at radius 3 is 2.78 bits per heavy atom. The highest BCUT2D eigenvalue weighted by Crippen LogP contribution is 2.58. The molecule has 18 heavy (non-hydrogen) atoms. The fourth-order valence-corrected chi connectivity index (χ4v) is 3.59. The number of aliphatic hydroxyl groups is 1. The van der Waals surface area contributed by atoms with Gasteiger partial charge in [0.2, 0.25) is 0 Å². The van der Waals surface area contributed by atoms with E-state index in [0.29, 0.717) is 12.0 Å². The van der Waals surface area contributed by atoms with Crippen molar-refractivity contribution >= 4 is 0 Å². The van der Waals surface area contributed by atoms with Gasteiger partial charge in [-0.15, -0.1) is 0 Å². The summed E-state index contributed by atoms with van der Waals surface area (Å²) < 4.78 is 11.7. The summed E-state index contributed by atoms with van der Waals surface area (Å²) in [5, 5.41) is 9.91. The van der Waals surface area contributed by atoms with E-state index in [0.717, 1.165) is 32.3 Å². The molecule has 0 amide bonds. The lowest BCUT2D eigenvalue weighted by Crippen LogP contribution is -2.43. The quantitative estimate of drug-likeness (QED) is 0.620. The van der Waals surface area contributed by atoms with E-state index >= 15 is 0 Å². The fraction of sp³-hybridized carbons (Fsp3) is 0.867. The monoisotopic (exact) mass is 252 g/mol. The highest BCUT2D eigenvalue weighted by Gasteiger charge is 2.68. The van der Waals surface area contributed by atoms with E-state index in [-0.39, 0.29) is 17.3 Å². The molecule has 0 bridgehead atoms. The van der Waals surface area contributed by atoms with Crippen LogP contribution in [0.3, 0.4) is 0 Å². The van der Waals surface area contributed by atoms with Crippen molar-refractivity contribution in [3.8, 4) is 0 Å². The van der Waals surface area contributed by atoms with E-state index in [1.54, 1.807) is 0 Å². The Balaban J connectivity index is 1.69. The SMILES string of the molecule is CC(C)=CC[C@H]1O[C@]1(C)[C@H]1C[C@H](O)CC[C@]12CO2. The first-order valence-electron chi connectivity index (χ1n) is 7.09. The molecule has 2 heterocycles. The molecule has 0 aromatic rings. The second kappa shape index (κ2) is 4.06. The third kappa shape index (κ3) is 2.02. The smallest absolute Gasteiger partial charge is 0.0980 e. The summed E-state index contributed by atoms with van der Waals surface area (Å²) >= 11 is 0. The van der Waals surface area contributed by atoms with E-state index < -0.39 is 0 Å². The summed E-state index contributed by atoms with van der Waals surface area (Å²) in [6.45, 7) is 7.30. The number of allylic oxidation sites excluding steroid dienone is 1. The summed E-state index contributed by atoms with van der Waals surface area (Å²) in [5.41, 5.74) is 1.30. The number of epoxide rings is 2. The molecule has 3 aliphatic rings.